The molecule has 0 bridgehead atoms. The predicted octanol–water partition coefficient (Wildman–Crippen LogP) is 4.41. The molecule has 0 unspecified atom stereocenters. The fourth-order valence-corrected chi connectivity index (χ4v) is 3.80. The first-order valence-corrected chi connectivity index (χ1v) is 10.4. The standard InChI is InChI=1S/C24H30N2O4/c1-18-8-7-9-19(2)26(18)24(27)17-30-25-15-21-12-13-22(23(14-21)28-3)29-16-20-10-5-4-6-11-20/h4-6,10-15,18-19H,7-9,16-17H2,1-3H3/b25-15-/t18-,19+. The van der Waals surface area contributed by atoms with Crippen molar-refractivity contribution in [1.29, 1.82) is 0 Å². The van der Waals surface area contributed by atoms with Gasteiger partial charge in [-0.1, -0.05) is 35.5 Å². The molecule has 1 aliphatic rings. The largest absolute Gasteiger partial charge is 0.493 e. The number of likely N-dealkylation sites (tertiary alicyclic amines) is 1. The van der Waals surface area contributed by atoms with E-state index in [0.717, 1.165) is 30.4 Å². The van der Waals surface area contributed by atoms with Crippen LogP contribution in [-0.4, -0.2) is 42.8 Å². The highest BCUT2D eigenvalue weighted by molar-refractivity contribution is 5.81. The van der Waals surface area contributed by atoms with Gasteiger partial charge in [-0.25, -0.2) is 0 Å². The van der Waals surface area contributed by atoms with Crippen LogP contribution in [0.1, 0.15) is 44.2 Å². The van der Waals surface area contributed by atoms with Crippen LogP contribution in [0.5, 0.6) is 11.5 Å². The molecule has 2 aromatic rings. The zero-order valence-corrected chi connectivity index (χ0v) is 17.9. The van der Waals surface area contributed by atoms with Gasteiger partial charge in [0.25, 0.3) is 5.91 Å². The molecule has 1 amide bonds. The highest BCUT2D eigenvalue weighted by Crippen LogP contribution is 2.28. The molecule has 2 aromatic carbocycles. The van der Waals surface area contributed by atoms with Crippen LogP contribution in [0.15, 0.2) is 53.7 Å². The molecule has 0 saturated carbocycles. The molecule has 30 heavy (non-hydrogen) atoms. The third kappa shape index (κ3) is 5.75. The Hall–Kier alpha value is -3.02. The minimum atomic E-state index is -0.0550. The molecule has 6 heteroatoms. The van der Waals surface area contributed by atoms with Crippen molar-refractivity contribution in [2.45, 2.75) is 51.8 Å². The zero-order chi connectivity index (χ0) is 21.3. The van der Waals surface area contributed by atoms with Crippen LogP contribution in [0.25, 0.3) is 0 Å². The number of carbonyl (C=O) groups is 1. The van der Waals surface area contributed by atoms with E-state index in [4.69, 9.17) is 14.3 Å². The summed E-state index contributed by atoms with van der Waals surface area (Å²) in [6, 6.07) is 16.0. The van der Waals surface area contributed by atoms with Gasteiger partial charge in [-0.05, 0) is 56.9 Å². The van der Waals surface area contributed by atoms with Crippen LogP contribution in [0.2, 0.25) is 0 Å². The second-order valence-electron chi connectivity index (χ2n) is 7.62. The summed E-state index contributed by atoms with van der Waals surface area (Å²) < 4.78 is 11.3. The highest BCUT2D eigenvalue weighted by Gasteiger charge is 2.28. The molecule has 0 radical (unpaired) electrons. The molecular weight excluding hydrogens is 380 g/mol. The van der Waals surface area contributed by atoms with Crippen LogP contribution in [0.3, 0.4) is 0 Å². The molecule has 0 aliphatic carbocycles. The first kappa shape index (κ1) is 21.7. The number of carbonyl (C=O) groups excluding carboxylic acids is 1. The van der Waals surface area contributed by atoms with Crippen molar-refractivity contribution in [3.63, 3.8) is 0 Å². The summed E-state index contributed by atoms with van der Waals surface area (Å²) in [5.41, 5.74) is 1.88. The lowest BCUT2D eigenvalue weighted by Gasteiger charge is -2.38. The third-order valence-electron chi connectivity index (χ3n) is 5.37. The van der Waals surface area contributed by atoms with Gasteiger partial charge in [0.15, 0.2) is 18.1 Å². The van der Waals surface area contributed by atoms with Crippen molar-refractivity contribution in [2.24, 2.45) is 5.16 Å². The van der Waals surface area contributed by atoms with Gasteiger partial charge in [-0.3, -0.25) is 4.79 Å². The Morgan fingerprint density at radius 2 is 1.83 bits per heavy atom. The average molecular weight is 411 g/mol. The van der Waals surface area contributed by atoms with Gasteiger partial charge in [0.1, 0.15) is 6.61 Å². The summed E-state index contributed by atoms with van der Waals surface area (Å²) >= 11 is 0. The number of oxime groups is 1. The predicted molar refractivity (Wildman–Crippen MR) is 117 cm³/mol. The molecule has 1 saturated heterocycles. The number of hydrogen-bond donors (Lipinski definition) is 0. The minimum absolute atomic E-state index is 0.0194. The van der Waals surface area contributed by atoms with E-state index in [0.29, 0.717) is 18.1 Å². The molecule has 1 heterocycles. The Labute approximate surface area is 178 Å². The van der Waals surface area contributed by atoms with Crippen molar-refractivity contribution >= 4 is 12.1 Å². The first-order valence-electron chi connectivity index (χ1n) is 10.4. The summed E-state index contributed by atoms with van der Waals surface area (Å²) in [6.07, 6.45) is 4.81. The van der Waals surface area contributed by atoms with Crippen molar-refractivity contribution in [3.8, 4) is 11.5 Å². The SMILES string of the molecule is COc1cc(/C=N\OCC(=O)N2[C@H](C)CCC[C@@H]2C)ccc1OCc1ccccc1. The van der Waals surface area contributed by atoms with Crippen LogP contribution >= 0.6 is 0 Å². The molecule has 0 spiro atoms. The lowest BCUT2D eigenvalue weighted by Crippen LogP contribution is -2.48. The van der Waals surface area contributed by atoms with Gasteiger partial charge in [0, 0.05) is 17.6 Å². The maximum Gasteiger partial charge on any atom is 0.263 e. The molecule has 0 aromatic heterocycles. The highest BCUT2D eigenvalue weighted by atomic mass is 16.6. The fraction of sp³-hybridized carbons (Fsp3) is 0.417. The third-order valence-corrected chi connectivity index (χ3v) is 5.37. The Balaban J connectivity index is 1.53. The van der Waals surface area contributed by atoms with Crippen molar-refractivity contribution in [3.05, 3.63) is 59.7 Å². The second-order valence-corrected chi connectivity index (χ2v) is 7.62. The van der Waals surface area contributed by atoms with Gasteiger partial charge in [0.2, 0.25) is 0 Å². The monoisotopic (exact) mass is 410 g/mol. The Bertz CT molecular complexity index is 844. The normalized spacial score (nSPS) is 19.0. The Morgan fingerprint density at radius 1 is 1.10 bits per heavy atom. The van der Waals surface area contributed by atoms with Gasteiger partial charge < -0.3 is 19.2 Å². The Morgan fingerprint density at radius 3 is 2.53 bits per heavy atom. The van der Waals surface area contributed by atoms with Crippen molar-refractivity contribution in [1.82, 2.24) is 4.90 Å². The summed E-state index contributed by atoms with van der Waals surface area (Å²) in [5.74, 6) is 1.25. The lowest BCUT2D eigenvalue weighted by molar-refractivity contribution is -0.142. The number of rotatable bonds is 8. The van der Waals surface area contributed by atoms with E-state index >= 15 is 0 Å². The van der Waals surface area contributed by atoms with E-state index in [9.17, 15) is 4.79 Å². The molecular formula is C24H30N2O4. The number of benzene rings is 2. The molecule has 0 N–H and O–H groups in total. The maximum atomic E-state index is 12.5. The van der Waals surface area contributed by atoms with Gasteiger partial charge in [-0.2, -0.15) is 0 Å². The van der Waals surface area contributed by atoms with Crippen molar-refractivity contribution in [2.75, 3.05) is 13.7 Å². The molecule has 2 atom stereocenters. The fourth-order valence-electron chi connectivity index (χ4n) is 3.80. The minimum Gasteiger partial charge on any atom is -0.493 e. The number of piperidine rings is 1. The van der Waals surface area contributed by atoms with Gasteiger partial charge in [0.05, 0.1) is 13.3 Å². The zero-order valence-electron chi connectivity index (χ0n) is 17.9. The maximum absolute atomic E-state index is 12.5. The van der Waals surface area contributed by atoms with E-state index < -0.39 is 0 Å². The van der Waals surface area contributed by atoms with Gasteiger partial charge >= 0.3 is 0 Å². The number of methoxy groups -OCH3 is 1. The summed E-state index contributed by atoms with van der Waals surface area (Å²) in [7, 11) is 1.60. The first-order chi connectivity index (χ1) is 14.6. The summed E-state index contributed by atoms with van der Waals surface area (Å²) in [5, 5.41) is 3.96. The topological polar surface area (TPSA) is 60.4 Å². The molecule has 6 nitrogen and oxygen atoms in total. The molecule has 3 rings (SSSR count). The molecule has 1 aliphatic heterocycles. The van der Waals surface area contributed by atoms with Crippen LogP contribution in [0.4, 0.5) is 0 Å². The van der Waals surface area contributed by atoms with E-state index in [1.165, 1.54) is 0 Å². The summed E-state index contributed by atoms with van der Waals surface area (Å²) in [6.45, 7) is 4.58. The number of amides is 1. The quantitative estimate of drug-likeness (QED) is 0.478. The number of hydrogen-bond acceptors (Lipinski definition) is 5. The number of ether oxygens (including phenoxy) is 2. The molecule has 160 valence electrons. The average Bonchev–Trinajstić information content (AvgIpc) is 2.76. The van der Waals surface area contributed by atoms with E-state index in [1.807, 2.05) is 53.4 Å². The smallest absolute Gasteiger partial charge is 0.263 e. The Kier molecular flexibility index (Phi) is 7.71. The van der Waals surface area contributed by atoms with E-state index in [2.05, 4.69) is 19.0 Å². The van der Waals surface area contributed by atoms with Crippen LogP contribution < -0.4 is 9.47 Å². The second kappa shape index (κ2) is 10.7. The molecule has 1 fully saturated rings. The van der Waals surface area contributed by atoms with Crippen LogP contribution in [0, 0.1) is 0 Å². The van der Waals surface area contributed by atoms with E-state index in [-0.39, 0.29) is 24.6 Å². The van der Waals surface area contributed by atoms with Crippen molar-refractivity contribution < 1.29 is 19.1 Å². The van der Waals surface area contributed by atoms with Gasteiger partial charge in [-0.15, -0.1) is 0 Å². The van der Waals surface area contributed by atoms with Crippen LogP contribution in [-0.2, 0) is 16.2 Å². The van der Waals surface area contributed by atoms with E-state index in [1.54, 1.807) is 13.3 Å². The lowest BCUT2D eigenvalue weighted by atomic mass is 9.97. The number of nitrogens with zero attached hydrogens (tertiary/aromatic N) is 2. The summed E-state index contributed by atoms with van der Waals surface area (Å²) in [4.78, 5) is 19.6.